The Kier molecular flexibility index (Phi) is 4.29. The molecule has 0 radical (unpaired) electrons. The van der Waals surface area contributed by atoms with Gasteiger partial charge in [0, 0.05) is 11.9 Å². The number of aromatic amines is 1. The molecule has 132 valence electrons. The average molecular weight is 363 g/mol. The molecule has 0 bridgehead atoms. The van der Waals surface area contributed by atoms with Gasteiger partial charge in [0.2, 0.25) is 0 Å². The second-order valence-corrected chi connectivity index (χ2v) is 7.61. The lowest BCUT2D eigenvalue weighted by atomic mass is 9.94. The molecular formula is C19H20ClFN2O2. The summed E-state index contributed by atoms with van der Waals surface area (Å²) in [7, 11) is 0. The van der Waals surface area contributed by atoms with Crippen molar-refractivity contribution in [2.75, 3.05) is 5.32 Å². The normalized spacial score (nSPS) is 28.1. The van der Waals surface area contributed by atoms with Crippen LogP contribution in [0.15, 0.2) is 30.5 Å². The van der Waals surface area contributed by atoms with Crippen molar-refractivity contribution >= 4 is 23.2 Å². The highest BCUT2D eigenvalue weighted by Crippen LogP contribution is 2.51. The third-order valence-corrected chi connectivity index (χ3v) is 5.90. The molecule has 6 heteroatoms. The van der Waals surface area contributed by atoms with Crippen LogP contribution in [0.5, 0.6) is 0 Å². The molecule has 1 heterocycles. The summed E-state index contributed by atoms with van der Waals surface area (Å²) in [5.41, 5.74) is 2.03. The van der Waals surface area contributed by atoms with Crippen molar-refractivity contribution in [3.05, 3.63) is 52.6 Å². The van der Waals surface area contributed by atoms with E-state index >= 15 is 0 Å². The van der Waals surface area contributed by atoms with Crippen molar-refractivity contribution in [2.24, 2.45) is 11.8 Å². The van der Waals surface area contributed by atoms with Crippen LogP contribution in [0.2, 0.25) is 5.02 Å². The summed E-state index contributed by atoms with van der Waals surface area (Å²) in [4.78, 5) is 15.7. The van der Waals surface area contributed by atoms with Crippen LogP contribution < -0.4 is 5.32 Å². The number of fused-ring (bicyclic) bond motifs is 1. The Bertz CT molecular complexity index is 792. The van der Waals surface area contributed by atoms with Gasteiger partial charge in [0.05, 0.1) is 11.1 Å². The maximum atomic E-state index is 13.2. The highest BCUT2D eigenvalue weighted by molar-refractivity contribution is 6.31. The van der Waals surface area contributed by atoms with Gasteiger partial charge >= 0.3 is 0 Å². The topological polar surface area (TPSA) is 65.1 Å². The molecule has 0 aliphatic heterocycles. The van der Waals surface area contributed by atoms with E-state index < -0.39 is 5.82 Å². The van der Waals surface area contributed by atoms with Gasteiger partial charge in [-0.25, -0.2) is 4.39 Å². The molecule has 25 heavy (non-hydrogen) atoms. The van der Waals surface area contributed by atoms with Crippen LogP contribution >= 0.6 is 11.6 Å². The Morgan fingerprint density at radius 1 is 1.20 bits per heavy atom. The van der Waals surface area contributed by atoms with Gasteiger partial charge in [0.15, 0.2) is 0 Å². The standard InChI is InChI=1S/C19H20ClFN2O2/c20-16-9-13(1-2-17(16)21)23-19(25)18-15(3-4-22-18)12-5-10-7-14(24)8-11(10)6-12/h1-4,9-12,14,22,24H,5-8H2,(H,23,25). The molecule has 2 aliphatic rings. The maximum Gasteiger partial charge on any atom is 0.272 e. The first-order chi connectivity index (χ1) is 12.0. The van der Waals surface area contributed by atoms with Crippen LogP contribution in [0.4, 0.5) is 10.1 Å². The maximum absolute atomic E-state index is 13.2. The van der Waals surface area contributed by atoms with E-state index in [2.05, 4.69) is 10.3 Å². The highest BCUT2D eigenvalue weighted by atomic mass is 35.5. The molecule has 3 N–H and O–H groups in total. The molecule has 2 saturated carbocycles. The summed E-state index contributed by atoms with van der Waals surface area (Å²) >= 11 is 5.77. The number of benzene rings is 1. The van der Waals surface area contributed by atoms with Crippen molar-refractivity contribution in [1.82, 2.24) is 4.98 Å². The Labute approximate surface area is 150 Å². The summed E-state index contributed by atoms with van der Waals surface area (Å²) in [6, 6.07) is 6.09. The first-order valence-electron chi connectivity index (χ1n) is 8.63. The van der Waals surface area contributed by atoms with Crippen molar-refractivity contribution in [2.45, 2.75) is 37.7 Å². The van der Waals surface area contributed by atoms with Crippen LogP contribution in [-0.4, -0.2) is 22.1 Å². The molecule has 4 nitrogen and oxygen atoms in total. The predicted octanol–water partition coefficient (Wildman–Crippen LogP) is 4.32. The number of rotatable bonds is 3. The van der Waals surface area contributed by atoms with E-state index in [1.165, 1.54) is 18.2 Å². The molecule has 1 aromatic heterocycles. The number of hydrogen-bond acceptors (Lipinski definition) is 2. The van der Waals surface area contributed by atoms with E-state index in [0.29, 0.717) is 29.1 Å². The summed E-state index contributed by atoms with van der Waals surface area (Å²) in [5.74, 6) is 0.689. The molecule has 2 aromatic rings. The van der Waals surface area contributed by atoms with Crippen LogP contribution in [0.25, 0.3) is 0 Å². The monoisotopic (exact) mass is 362 g/mol. The summed E-state index contributed by atoms with van der Waals surface area (Å²) < 4.78 is 13.2. The average Bonchev–Trinajstić information content (AvgIpc) is 3.24. The largest absolute Gasteiger partial charge is 0.393 e. The van der Waals surface area contributed by atoms with Crippen LogP contribution in [0.1, 0.15) is 47.7 Å². The number of carbonyl (C=O) groups excluding carboxylic acids is 1. The lowest BCUT2D eigenvalue weighted by Crippen LogP contribution is -2.15. The predicted molar refractivity (Wildman–Crippen MR) is 94.4 cm³/mol. The third-order valence-electron chi connectivity index (χ3n) is 5.61. The number of aliphatic hydroxyl groups excluding tert-OH is 1. The minimum Gasteiger partial charge on any atom is -0.393 e. The fourth-order valence-corrected chi connectivity index (χ4v) is 4.70. The number of halogens is 2. The lowest BCUT2D eigenvalue weighted by molar-refractivity contribution is 0.102. The van der Waals surface area contributed by atoms with Gasteiger partial charge in [0.1, 0.15) is 11.5 Å². The van der Waals surface area contributed by atoms with Gasteiger partial charge in [-0.1, -0.05) is 11.6 Å². The molecule has 1 aromatic carbocycles. The van der Waals surface area contributed by atoms with E-state index in [4.69, 9.17) is 11.6 Å². The number of H-pyrrole nitrogens is 1. The Balaban J connectivity index is 1.49. The minimum absolute atomic E-state index is 0.0216. The molecule has 0 saturated heterocycles. The first-order valence-corrected chi connectivity index (χ1v) is 9.00. The van der Waals surface area contributed by atoms with Gasteiger partial charge in [0.25, 0.3) is 5.91 Å². The molecule has 1 amide bonds. The zero-order valence-corrected chi connectivity index (χ0v) is 14.4. The Morgan fingerprint density at radius 3 is 2.60 bits per heavy atom. The van der Waals surface area contributed by atoms with Crippen molar-refractivity contribution in [1.29, 1.82) is 0 Å². The fourth-order valence-electron chi connectivity index (χ4n) is 4.52. The summed E-state index contributed by atoms with van der Waals surface area (Å²) in [6.07, 6.45) is 5.41. The Morgan fingerprint density at radius 2 is 1.92 bits per heavy atom. The number of aliphatic hydroxyl groups is 1. The van der Waals surface area contributed by atoms with Crippen molar-refractivity contribution in [3.8, 4) is 0 Å². The second-order valence-electron chi connectivity index (χ2n) is 7.20. The second kappa shape index (κ2) is 6.46. The number of carbonyl (C=O) groups is 1. The van der Waals surface area contributed by atoms with Crippen molar-refractivity contribution in [3.63, 3.8) is 0 Å². The summed E-state index contributed by atoms with van der Waals surface area (Å²) in [5, 5.41) is 12.5. The third kappa shape index (κ3) is 3.18. The molecule has 0 spiro atoms. The highest BCUT2D eigenvalue weighted by Gasteiger charge is 2.42. The van der Waals surface area contributed by atoms with Gasteiger partial charge in [-0.2, -0.15) is 0 Å². The molecular weight excluding hydrogens is 343 g/mol. The molecule has 2 unspecified atom stereocenters. The smallest absolute Gasteiger partial charge is 0.272 e. The van der Waals surface area contributed by atoms with E-state index in [0.717, 1.165) is 31.2 Å². The van der Waals surface area contributed by atoms with Gasteiger partial charge in [-0.05, 0) is 73.3 Å². The van der Waals surface area contributed by atoms with Crippen LogP contribution in [0, 0.1) is 17.7 Å². The molecule has 2 atom stereocenters. The Hall–Kier alpha value is -1.85. The zero-order chi connectivity index (χ0) is 17.6. The number of nitrogens with one attached hydrogen (secondary N) is 2. The summed E-state index contributed by atoms with van der Waals surface area (Å²) in [6.45, 7) is 0. The molecule has 4 rings (SSSR count). The zero-order valence-electron chi connectivity index (χ0n) is 13.6. The SMILES string of the molecule is O=C(Nc1ccc(F)c(Cl)c1)c1[nH]ccc1C1CC2CC(O)CC2C1. The lowest BCUT2D eigenvalue weighted by Gasteiger charge is -2.14. The van der Waals surface area contributed by atoms with Crippen molar-refractivity contribution < 1.29 is 14.3 Å². The van der Waals surface area contributed by atoms with Gasteiger partial charge in [-0.3, -0.25) is 4.79 Å². The van der Waals surface area contributed by atoms with E-state index in [-0.39, 0.29) is 17.0 Å². The van der Waals surface area contributed by atoms with E-state index in [1.54, 1.807) is 6.20 Å². The van der Waals surface area contributed by atoms with Gasteiger partial charge < -0.3 is 15.4 Å². The van der Waals surface area contributed by atoms with Crippen LogP contribution in [0.3, 0.4) is 0 Å². The fraction of sp³-hybridized carbons (Fsp3) is 0.421. The molecule has 2 fully saturated rings. The molecule has 2 aliphatic carbocycles. The number of aromatic nitrogens is 1. The minimum atomic E-state index is -0.514. The first kappa shape index (κ1) is 16.6. The quantitative estimate of drug-likeness (QED) is 0.761. The van der Waals surface area contributed by atoms with Gasteiger partial charge in [-0.15, -0.1) is 0 Å². The number of amides is 1. The van der Waals surface area contributed by atoms with E-state index in [9.17, 15) is 14.3 Å². The number of hydrogen-bond donors (Lipinski definition) is 3. The van der Waals surface area contributed by atoms with Crippen LogP contribution in [-0.2, 0) is 0 Å². The van der Waals surface area contributed by atoms with E-state index in [1.807, 2.05) is 6.07 Å². The number of anilines is 1.